The van der Waals surface area contributed by atoms with Crippen LogP contribution in [0.25, 0.3) is 0 Å². The first-order valence-corrected chi connectivity index (χ1v) is 14.2. The summed E-state index contributed by atoms with van der Waals surface area (Å²) in [4.78, 5) is 57.1. The van der Waals surface area contributed by atoms with Crippen molar-refractivity contribution in [2.45, 2.75) is 64.8 Å². The van der Waals surface area contributed by atoms with Crippen LogP contribution < -0.4 is 5.32 Å². The van der Waals surface area contributed by atoms with E-state index in [1.54, 1.807) is 11.0 Å². The van der Waals surface area contributed by atoms with Crippen molar-refractivity contribution in [3.8, 4) is 0 Å². The molecule has 0 spiro atoms. The Bertz CT molecular complexity index is 1410. The van der Waals surface area contributed by atoms with Crippen molar-refractivity contribution in [2.75, 3.05) is 6.54 Å². The zero-order valence-electron chi connectivity index (χ0n) is 23.1. The number of esters is 2. The minimum atomic E-state index is -1.69. The Morgan fingerprint density at radius 1 is 1.07 bits per heavy atom. The first-order chi connectivity index (χ1) is 19.6. The SMILES string of the molecule is CC(=O)O[C@@H](C(=O)NCc1nc(Cc2ccc(F)cc2C)cs1)[C@@H](OC(C)=O)C(=O)N1CCCC1c1ccccc1. The molecule has 3 atom stereocenters. The number of hydrogen-bond donors (Lipinski definition) is 1. The number of likely N-dealkylation sites (tertiary alicyclic amines) is 1. The van der Waals surface area contributed by atoms with Crippen LogP contribution >= 0.6 is 11.3 Å². The summed E-state index contributed by atoms with van der Waals surface area (Å²) >= 11 is 1.32. The number of thiazole rings is 1. The van der Waals surface area contributed by atoms with Gasteiger partial charge in [0, 0.05) is 32.2 Å². The average molecular weight is 582 g/mol. The smallest absolute Gasteiger partial charge is 0.303 e. The molecule has 0 bridgehead atoms. The number of carbonyl (C=O) groups excluding carboxylic acids is 4. The maximum Gasteiger partial charge on any atom is 0.303 e. The zero-order chi connectivity index (χ0) is 29.5. The van der Waals surface area contributed by atoms with Crippen LogP contribution in [0.3, 0.4) is 0 Å². The molecule has 1 unspecified atom stereocenters. The third kappa shape index (κ3) is 7.75. The highest BCUT2D eigenvalue weighted by Gasteiger charge is 2.44. The van der Waals surface area contributed by atoms with Gasteiger partial charge in [-0.05, 0) is 48.6 Å². The van der Waals surface area contributed by atoms with Crippen LogP contribution in [0.2, 0.25) is 0 Å². The summed E-state index contributed by atoms with van der Waals surface area (Å²) in [6.07, 6.45) is -1.42. The molecule has 0 aliphatic carbocycles. The lowest BCUT2D eigenvalue weighted by atomic mass is 10.0. The van der Waals surface area contributed by atoms with Gasteiger partial charge in [-0.3, -0.25) is 19.2 Å². The van der Waals surface area contributed by atoms with E-state index >= 15 is 0 Å². The van der Waals surface area contributed by atoms with Crippen LogP contribution in [-0.4, -0.2) is 52.4 Å². The Kier molecular flexibility index (Phi) is 9.82. The fourth-order valence-electron chi connectivity index (χ4n) is 4.90. The van der Waals surface area contributed by atoms with Crippen molar-refractivity contribution in [1.29, 1.82) is 0 Å². The molecule has 3 aromatic rings. The summed E-state index contributed by atoms with van der Waals surface area (Å²) in [6.45, 7) is 4.47. The second kappa shape index (κ2) is 13.5. The van der Waals surface area contributed by atoms with E-state index in [1.165, 1.54) is 23.5 Å². The molecule has 2 heterocycles. The normalized spacial score (nSPS) is 16.1. The van der Waals surface area contributed by atoms with Crippen molar-refractivity contribution in [3.05, 3.63) is 87.1 Å². The van der Waals surface area contributed by atoms with E-state index in [0.717, 1.165) is 42.7 Å². The summed E-state index contributed by atoms with van der Waals surface area (Å²) in [5.74, 6) is -3.30. The molecule has 11 heteroatoms. The first kappa shape index (κ1) is 29.9. The maximum atomic E-state index is 13.7. The van der Waals surface area contributed by atoms with Crippen LogP contribution in [0.5, 0.6) is 0 Å². The van der Waals surface area contributed by atoms with E-state index < -0.39 is 36.0 Å². The summed E-state index contributed by atoms with van der Waals surface area (Å²) in [5, 5.41) is 5.08. The number of halogens is 1. The highest BCUT2D eigenvalue weighted by Crippen LogP contribution is 2.33. The third-order valence-corrected chi connectivity index (χ3v) is 7.67. The van der Waals surface area contributed by atoms with Gasteiger partial charge >= 0.3 is 11.9 Å². The second-order valence-electron chi connectivity index (χ2n) is 9.86. The summed E-state index contributed by atoms with van der Waals surface area (Å²) in [6, 6.07) is 13.8. The van der Waals surface area contributed by atoms with Crippen LogP contribution in [0.1, 0.15) is 60.1 Å². The fourth-order valence-corrected chi connectivity index (χ4v) is 5.63. The molecule has 0 saturated carbocycles. The van der Waals surface area contributed by atoms with E-state index in [4.69, 9.17) is 9.47 Å². The largest absolute Gasteiger partial charge is 0.448 e. The standard InChI is InChI=1S/C30H32FN3O6S/c1-18-14-23(31)12-11-22(18)15-24-17-41-26(33-24)16-32-29(37)27(39-19(2)35)28(40-20(3)36)30(38)34-13-7-10-25(34)21-8-5-4-6-9-21/h4-6,8-9,11-12,14,17,25,27-28H,7,10,13,15-16H2,1-3H3,(H,32,37)/t25?,27-,28-/m1/s1. The lowest BCUT2D eigenvalue weighted by molar-refractivity contribution is -0.178. The Labute approximate surface area is 241 Å². The van der Waals surface area contributed by atoms with Crippen molar-refractivity contribution in [2.24, 2.45) is 0 Å². The van der Waals surface area contributed by atoms with Gasteiger partial charge in [0.15, 0.2) is 0 Å². The van der Waals surface area contributed by atoms with Crippen LogP contribution in [-0.2, 0) is 41.6 Å². The predicted molar refractivity (Wildman–Crippen MR) is 149 cm³/mol. The Balaban J connectivity index is 1.48. The Morgan fingerprint density at radius 2 is 1.78 bits per heavy atom. The number of aromatic nitrogens is 1. The molecule has 4 rings (SSSR count). The fraction of sp³-hybridized carbons (Fsp3) is 0.367. The van der Waals surface area contributed by atoms with E-state index in [1.807, 2.05) is 42.6 Å². The van der Waals surface area contributed by atoms with E-state index in [9.17, 15) is 23.6 Å². The number of rotatable bonds is 10. The number of ether oxygens (including phenoxy) is 2. The predicted octanol–water partition coefficient (Wildman–Crippen LogP) is 4.02. The van der Waals surface area contributed by atoms with Crippen molar-refractivity contribution < 1.29 is 33.0 Å². The van der Waals surface area contributed by atoms with Gasteiger partial charge in [-0.1, -0.05) is 36.4 Å². The second-order valence-corrected chi connectivity index (χ2v) is 10.8. The lowest BCUT2D eigenvalue weighted by Crippen LogP contribution is -2.53. The third-order valence-electron chi connectivity index (χ3n) is 6.77. The van der Waals surface area contributed by atoms with Crippen molar-refractivity contribution in [3.63, 3.8) is 0 Å². The van der Waals surface area contributed by atoms with Gasteiger partial charge in [0.2, 0.25) is 12.2 Å². The molecule has 2 amide bonds. The number of nitrogens with one attached hydrogen (secondary N) is 1. The molecule has 1 N–H and O–H groups in total. The Hall–Kier alpha value is -4.12. The minimum absolute atomic E-state index is 0.000993. The quantitative estimate of drug-likeness (QED) is 0.360. The van der Waals surface area contributed by atoms with Crippen LogP contribution in [0.15, 0.2) is 53.9 Å². The lowest BCUT2D eigenvalue weighted by Gasteiger charge is -2.31. The monoisotopic (exact) mass is 581 g/mol. The number of hydrogen-bond acceptors (Lipinski definition) is 8. The van der Waals surface area contributed by atoms with Gasteiger partial charge in [-0.15, -0.1) is 11.3 Å². The molecule has 2 aromatic carbocycles. The van der Waals surface area contributed by atoms with Gasteiger partial charge in [-0.2, -0.15) is 0 Å². The van der Waals surface area contributed by atoms with Gasteiger partial charge in [0.05, 0.1) is 18.3 Å². The highest BCUT2D eigenvalue weighted by molar-refractivity contribution is 7.09. The highest BCUT2D eigenvalue weighted by atomic mass is 32.1. The van der Waals surface area contributed by atoms with Gasteiger partial charge < -0.3 is 19.7 Å². The Morgan fingerprint density at radius 3 is 2.46 bits per heavy atom. The first-order valence-electron chi connectivity index (χ1n) is 13.3. The van der Waals surface area contributed by atoms with Crippen LogP contribution in [0, 0.1) is 12.7 Å². The summed E-state index contributed by atoms with van der Waals surface area (Å²) < 4.78 is 24.0. The molecular formula is C30H32FN3O6S. The molecular weight excluding hydrogens is 549 g/mol. The summed E-state index contributed by atoms with van der Waals surface area (Å²) in [7, 11) is 0. The van der Waals surface area contributed by atoms with E-state index in [2.05, 4.69) is 10.3 Å². The van der Waals surface area contributed by atoms with Gasteiger partial charge in [-0.25, -0.2) is 9.37 Å². The average Bonchev–Trinajstić information content (AvgIpc) is 3.60. The molecule has 1 saturated heterocycles. The maximum absolute atomic E-state index is 13.7. The topological polar surface area (TPSA) is 115 Å². The molecule has 1 fully saturated rings. The molecule has 216 valence electrons. The molecule has 1 aliphatic rings. The van der Waals surface area contributed by atoms with Crippen molar-refractivity contribution in [1.82, 2.24) is 15.2 Å². The zero-order valence-corrected chi connectivity index (χ0v) is 23.9. The number of nitrogens with zero attached hydrogens (tertiary/aromatic N) is 2. The van der Waals surface area contributed by atoms with Crippen molar-refractivity contribution >= 4 is 35.1 Å². The number of benzene rings is 2. The molecule has 1 aromatic heterocycles. The number of amides is 2. The van der Waals surface area contributed by atoms with Crippen LogP contribution in [0.4, 0.5) is 4.39 Å². The number of carbonyl (C=O) groups is 4. The molecule has 1 aliphatic heterocycles. The molecule has 41 heavy (non-hydrogen) atoms. The number of aryl methyl sites for hydroxylation is 1. The molecule has 9 nitrogen and oxygen atoms in total. The van der Waals surface area contributed by atoms with Gasteiger partial charge in [0.25, 0.3) is 11.8 Å². The molecule has 0 radical (unpaired) electrons. The van der Waals surface area contributed by atoms with E-state index in [0.29, 0.717) is 24.4 Å². The van der Waals surface area contributed by atoms with Gasteiger partial charge in [0.1, 0.15) is 10.8 Å². The summed E-state index contributed by atoms with van der Waals surface area (Å²) in [5.41, 5.74) is 3.41. The van der Waals surface area contributed by atoms with E-state index in [-0.39, 0.29) is 18.4 Å². The minimum Gasteiger partial charge on any atom is -0.448 e.